The van der Waals surface area contributed by atoms with Crippen molar-refractivity contribution in [3.63, 3.8) is 0 Å². The summed E-state index contributed by atoms with van der Waals surface area (Å²) in [4.78, 5) is 18.2. The summed E-state index contributed by atoms with van der Waals surface area (Å²) in [7, 11) is 0. The smallest absolute Gasteiger partial charge is 0.328 e. The Labute approximate surface area is 85.2 Å². The second-order valence-electron chi connectivity index (χ2n) is 2.77. The minimum Gasteiger partial charge on any atom is -0.478 e. The first-order valence-electron chi connectivity index (χ1n) is 4.29. The Morgan fingerprint density at radius 2 is 2.13 bits per heavy atom. The molecule has 1 aromatic heterocycles. The third kappa shape index (κ3) is 2.22. The van der Waals surface area contributed by atoms with Gasteiger partial charge in [-0.15, -0.1) is 0 Å². The molecule has 0 saturated carbocycles. The second kappa shape index (κ2) is 3.95. The number of carbonyl (C=O) groups is 1. The van der Waals surface area contributed by atoms with Crippen LogP contribution in [0.4, 0.5) is 0 Å². The van der Waals surface area contributed by atoms with Crippen molar-refractivity contribution in [2.75, 3.05) is 13.2 Å². The highest BCUT2D eigenvalue weighted by Crippen LogP contribution is 2.24. The summed E-state index contributed by atoms with van der Waals surface area (Å²) < 4.78 is 10.4. The van der Waals surface area contributed by atoms with Gasteiger partial charge in [0.15, 0.2) is 0 Å². The Hall–Kier alpha value is -2.11. The summed E-state index contributed by atoms with van der Waals surface area (Å²) in [6.07, 6.45) is 3.75. The highest BCUT2D eigenvalue weighted by molar-refractivity contribution is 5.84. The van der Waals surface area contributed by atoms with Gasteiger partial charge >= 0.3 is 5.97 Å². The number of ether oxygens (including phenoxy) is 2. The molecule has 2 heterocycles. The zero-order valence-electron chi connectivity index (χ0n) is 7.71. The van der Waals surface area contributed by atoms with Gasteiger partial charge in [-0.1, -0.05) is 0 Å². The van der Waals surface area contributed by atoms with E-state index in [4.69, 9.17) is 14.6 Å². The molecular formula is C9H8N2O4. The molecule has 0 aromatic carbocycles. The first kappa shape index (κ1) is 9.45. The molecular weight excluding hydrogens is 200 g/mol. The molecule has 1 aromatic rings. The molecule has 0 saturated heterocycles. The normalized spacial score (nSPS) is 14.1. The van der Waals surface area contributed by atoms with Crippen LogP contribution in [-0.2, 0) is 4.79 Å². The van der Waals surface area contributed by atoms with Crippen LogP contribution in [0, 0.1) is 0 Å². The van der Waals surface area contributed by atoms with Gasteiger partial charge in [0.2, 0.25) is 0 Å². The van der Waals surface area contributed by atoms with E-state index in [0.29, 0.717) is 30.7 Å². The molecule has 0 radical (unpaired) electrons. The van der Waals surface area contributed by atoms with E-state index in [9.17, 15) is 4.79 Å². The Balaban J connectivity index is 2.24. The molecule has 6 nitrogen and oxygen atoms in total. The van der Waals surface area contributed by atoms with E-state index >= 15 is 0 Å². The molecule has 15 heavy (non-hydrogen) atoms. The van der Waals surface area contributed by atoms with Crippen LogP contribution < -0.4 is 9.47 Å². The number of fused-ring (bicyclic) bond motifs is 1. The van der Waals surface area contributed by atoms with Crippen LogP contribution in [0.3, 0.4) is 0 Å². The molecule has 6 heteroatoms. The van der Waals surface area contributed by atoms with Gasteiger partial charge in [-0.3, -0.25) is 0 Å². The largest absolute Gasteiger partial charge is 0.478 e. The maximum absolute atomic E-state index is 10.3. The quantitative estimate of drug-likeness (QED) is 0.706. The predicted molar refractivity (Wildman–Crippen MR) is 49.7 cm³/mol. The SMILES string of the molecule is O=C(O)/C=C/c1cnc2c(n1)OCCO2. The lowest BCUT2D eigenvalue weighted by molar-refractivity contribution is -0.131. The summed E-state index contributed by atoms with van der Waals surface area (Å²) in [5, 5.41) is 8.42. The Morgan fingerprint density at radius 1 is 1.40 bits per heavy atom. The van der Waals surface area contributed by atoms with Crippen molar-refractivity contribution in [2.24, 2.45) is 0 Å². The van der Waals surface area contributed by atoms with E-state index in [-0.39, 0.29) is 0 Å². The number of hydrogen-bond donors (Lipinski definition) is 1. The number of hydrogen-bond acceptors (Lipinski definition) is 5. The van der Waals surface area contributed by atoms with Crippen LogP contribution in [0.2, 0.25) is 0 Å². The first-order valence-corrected chi connectivity index (χ1v) is 4.29. The van der Waals surface area contributed by atoms with Crippen molar-refractivity contribution >= 4 is 12.0 Å². The standard InChI is InChI=1S/C9H8N2O4/c12-7(13)2-1-6-5-10-8-9(11-6)15-4-3-14-8/h1-2,5H,3-4H2,(H,12,13)/b2-1+. The molecule has 1 aliphatic rings. The number of rotatable bonds is 2. The van der Waals surface area contributed by atoms with Crippen molar-refractivity contribution in [3.8, 4) is 11.8 Å². The van der Waals surface area contributed by atoms with Crippen LogP contribution in [0.25, 0.3) is 6.08 Å². The molecule has 0 spiro atoms. The van der Waals surface area contributed by atoms with E-state index in [0.717, 1.165) is 6.08 Å². The number of aromatic nitrogens is 2. The third-order valence-corrected chi connectivity index (χ3v) is 1.69. The van der Waals surface area contributed by atoms with Crippen molar-refractivity contribution in [1.82, 2.24) is 9.97 Å². The maximum Gasteiger partial charge on any atom is 0.328 e. The third-order valence-electron chi connectivity index (χ3n) is 1.69. The fourth-order valence-electron chi connectivity index (χ4n) is 1.08. The first-order chi connectivity index (χ1) is 7.25. The fraction of sp³-hybridized carbons (Fsp3) is 0.222. The van der Waals surface area contributed by atoms with Crippen LogP contribution in [0.1, 0.15) is 5.69 Å². The number of nitrogens with zero attached hydrogens (tertiary/aromatic N) is 2. The Bertz CT molecular complexity index is 417. The lowest BCUT2D eigenvalue weighted by Gasteiger charge is -2.15. The maximum atomic E-state index is 10.3. The Morgan fingerprint density at radius 3 is 2.87 bits per heavy atom. The van der Waals surface area contributed by atoms with Gasteiger partial charge in [-0.05, 0) is 6.08 Å². The van der Waals surface area contributed by atoms with Crippen LogP contribution in [0.5, 0.6) is 11.8 Å². The van der Waals surface area contributed by atoms with Crippen LogP contribution in [0.15, 0.2) is 12.3 Å². The van der Waals surface area contributed by atoms with Gasteiger partial charge in [0, 0.05) is 6.08 Å². The van der Waals surface area contributed by atoms with Gasteiger partial charge in [0.05, 0.1) is 11.9 Å². The van der Waals surface area contributed by atoms with Crippen molar-refractivity contribution in [1.29, 1.82) is 0 Å². The minimum atomic E-state index is -1.04. The number of aliphatic carboxylic acids is 1. The summed E-state index contributed by atoms with van der Waals surface area (Å²) in [6.45, 7) is 0.875. The molecule has 2 rings (SSSR count). The van der Waals surface area contributed by atoms with Crippen molar-refractivity contribution in [2.45, 2.75) is 0 Å². The molecule has 0 atom stereocenters. The summed E-state index contributed by atoms with van der Waals surface area (Å²) in [5.74, 6) is -0.394. The molecule has 1 N–H and O–H groups in total. The summed E-state index contributed by atoms with van der Waals surface area (Å²) in [5.41, 5.74) is 0.418. The molecule has 0 bridgehead atoms. The van der Waals surface area contributed by atoms with Crippen LogP contribution >= 0.6 is 0 Å². The van der Waals surface area contributed by atoms with Gasteiger partial charge in [0.1, 0.15) is 13.2 Å². The second-order valence-corrected chi connectivity index (χ2v) is 2.77. The number of carboxylic acid groups (broad SMARTS) is 1. The predicted octanol–water partition coefficient (Wildman–Crippen LogP) is 0.346. The average Bonchev–Trinajstić information content (AvgIpc) is 2.26. The fourth-order valence-corrected chi connectivity index (χ4v) is 1.08. The zero-order chi connectivity index (χ0) is 10.7. The van der Waals surface area contributed by atoms with Gasteiger partial charge < -0.3 is 14.6 Å². The lowest BCUT2D eigenvalue weighted by atomic mass is 10.4. The molecule has 78 valence electrons. The Kier molecular flexibility index (Phi) is 2.49. The van der Waals surface area contributed by atoms with E-state index in [2.05, 4.69) is 9.97 Å². The summed E-state index contributed by atoms with van der Waals surface area (Å²) in [6, 6.07) is 0. The van der Waals surface area contributed by atoms with Gasteiger partial charge in [-0.2, -0.15) is 0 Å². The van der Waals surface area contributed by atoms with E-state index in [1.807, 2.05) is 0 Å². The number of carboxylic acids is 1. The molecule has 0 unspecified atom stereocenters. The highest BCUT2D eigenvalue weighted by atomic mass is 16.6. The summed E-state index contributed by atoms with van der Waals surface area (Å²) >= 11 is 0. The molecule has 0 amide bonds. The van der Waals surface area contributed by atoms with E-state index < -0.39 is 5.97 Å². The minimum absolute atomic E-state index is 0.300. The van der Waals surface area contributed by atoms with E-state index in [1.165, 1.54) is 12.3 Å². The van der Waals surface area contributed by atoms with Gasteiger partial charge in [-0.25, -0.2) is 14.8 Å². The average molecular weight is 208 g/mol. The van der Waals surface area contributed by atoms with Gasteiger partial charge in [0.25, 0.3) is 11.8 Å². The topological polar surface area (TPSA) is 81.5 Å². The van der Waals surface area contributed by atoms with Crippen LogP contribution in [-0.4, -0.2) is 34.3 Å². The van der Waals surface area contributed by atoms with Crippen molar-refractivity contribution in [3.05, 3.63) is 18.0 Å². The monoisotopic (exact) mass is 208 g/mol. The lowest BCUT2D eigenvalue weighted by Crippen LogP contribution is -2.17. The highest BCUT2D eigenvalue weighted by Gasteiger charge is 2.14. The molecule has 0 fully saturated rings. The molecule has 0 aliphatic carbocycles. The van der Waals surface area contributed by atoms with Crippen molar-refractivity contribution < 1.29 is 19.4 Å². The van der Waals surface area contributed by atoms with E-state index in [1.54, 1.807) is 0 Å². The zero-order valence-corrected chi connectivity index (χ0v) is 7.71. The molecule has 1 aliphatic heterocycles.